The molecule has 0 aromatic carbocycles. The van der Waals surface area contributed by atoms with Crippen molar-refractivity contribution in [1.29, 1.82) is 0 Å². The molecule has 2 atom stereocenters. The molecule has 0 saturated heterocycles. The fraction of sp³-hybridized carbons (Fsp3) is 1.00. The van der Waals surface area contributed by atoms with Crippen LogP contribution in [0.25, 0.3) is 0 Å². The second-order valence-electron chi connectivity index (χ2n) is 3.67. The summed E-state index contributed by atoms with van der Waals surface area (Å²) < 4.78 is 47.6. The number of nitrogens with two attached hydrogens (primary N) is 1. The third-order valence-corrected chi connectivity index (χ3v) is 4.15. The largest absolute Gasteiger partial charge is 0.391 e. The van der Waals surface area contributed by atoms with E-state index in [1.54, 1.807) is 0 Å². The van der Waals surface area contributed by atoms with Gasteiger partial charge in [-0.1, -0.05) is 6.92 Å². The van der Waals surface area contributed by atoms with Crippen molar-refractivity contribution in [2.75, 3.05) is 18.9 Å². The van der Waals surface area contributed by atoms with Crippen LogP contribution in [0, 0.1) is 5.92 Å². The Hall–Kier alpha value is -0.0600. The Bertz CT molecular complexity index is 232. The van der Waals surface area contributed by atoms with E-state index in [0.717, 1.165) is 6.92 Å². The lowest BCUT2D eigenvalue weighted by Crippen LogP contribution is -2.21. The van der Waals surface area contributed by atoms with E-state index in [2.05, 4.69) is 0 Å². The molecule has 0 aromatic heterocycles. The summed E-state index contributed by atoms with van der Waals surface area (Å²) in [6, 6.07) is 0. The van der Waals surface area contributed by atoms with E-state index in [-0.39, 0.29) is 25.3 Å². The molecule has 2 unspecified atom stereocenters. The summed E-state index contributed by atoms with van der Waals surface area (Å²) in [7, 11) is -3.41. The van der Waals surface area contributed by atoms with Gasteiger partial charge in [-0.05, 0) is 19.4 Å². The van der Waals surface area contributed by atoms with Gasteiger partial charge >= 0.3 is 6.18 Å². The molecule has 7 heteroatoms. The van der Waals surface area contributed by atoms with Gasteiger partial charge in [0.2, 0.25) is 7.37 Å². The molecule has 92 valence electrons. The molecule has 0 fully saturated rings. The van der Waals surface area contributed by atoms with E-state index in [4.69, 9.17) is 5.73 Å². The quantitative estimate of drug-likeness (QED) is 0.707. The van der Waals surface area contributed by atoms with Crippen molar-refractivity contribution in [1.82, 2.24) is 0 Å². The summed E-state index contributed by atoms with van der Waals surface area (Å²) >= 11 is 0. The highest BCUT2D eigenvalue weighted by Gasteiger charge is 2.36. The Morgan fingerprint density at radius 2 is 1.93 bits per heavy atom. The van der Waals surface area contributed by atoms with Crippen LogP contribution in [0.3, 0.4) is 0 Å². The van der Waals surface area contributed by atoms with Crippen molar-refractivity contribution >= 4 is 7.37 Å². The Balaban J connectivity index is 3.98. The van der Waals surface area contributed by atoms with Crippen molar-refractivity contribution in [2.45, 2.75) is 25.9 Å². The molecular formula is C8H17F3NO2P. The number of halogens is 3. The highest BCUT2D eigenvalue weighted by Crippen LogP contribution is 2.43. The highest BCUT2D eigenvalue weighted by atomic mass is 31.2. The molecule has 0 amide bonds. The van der Waals surface area contributed by atoms with E-state index >= 15 is 0 Å². The number of rotatable bonds is 6. The smallest absolute Gasteiger partial charge is 0.344 e. The molecule has 0 bridgehead atoms. The second-order valence-corrected chi connectivity index (χ2v) is 6.25. The van der Waals surface area contributed by atoms with Crippen molar-refractivity contribution in [3.63, 3.8) is 0 Å². The third-order valence-electron chi connectivity index (χ3n) is 2.18. The van der Waals surface area contributed by atoms with E-state index in [1.807, 2.05) is 0 Å². The minimum atomic E-state index is -4.28. The minimum Gasteiger partial charge on any atom is -0.344 e. The van der Waals surface area contributed by atoms with Crippen molar-refractivity contribution in [3.8, 4) is 0 Å². The summed E-state index contributed by atoms with van der Waals surface area (Å²) in [4.78, 5) is 9.29. The first kappa shape index (κ1) is 14.9. The molecule has 0 radical (unpaired) electrons. The Kier molecular flexibility index (Phi) is 5.85. The van der Waals surface area contributed by atoms with Crippen LogP contribution >= 0.6 is 7.37 Å². The average molecular weight is 247 g/mol. The van der Waals surface area contributed by atoms with Crippen LogP contribution in [0.15, 0.2) is 0 Å². The van der Waals surface area contributed by atoms with Crippen LogP contribution in [0.2, 0.25) is 0 Å². The number of hydrogen-bond donors (Lipinski definition) is 2. The first-order valence-electron chi connectivity index (χ1n) is 4.76. The molecule has 0 aliphatic rings. The standard InChI is InChI=1S/C8H17F3NO2P/c1-7(8(9,10)11)3-6-15(13,14)5-2-4-12/h7H,2-6,12H2,1H3,(H,13,14). The maximum absolute atomic E-state index is 12.1. The van der Waals surface area contributed by atoms with Crippen LogP contribution in [0.1, 0.15) is 19.8 Å². The summed E-state index contributed by atoms with van der Waals surface area (Å²) in [6.07, 6.45) is -4.49. The SMILES string of the molecule is CC(CCP(=O)(O)CCCN)C(F)(F)F. The lowest BCUT2D eigenvalue weighted by atomic mass is 10.1. The fourth-order valence-corrected chi connectivity index (χ4v) is 2.70. The molecular weight excluding hydrogens is 230 g/mol. The van der Waals surface area contributed by atoms with Crippen LogP contribution in [-0.4, -0.2) is 29.9 Å². The van der Waals surface area contributed by atoms with Gasteiger partial charge in [-0.2, -0.15) is 13.2 Å². The predicted octanol–water partition coefficient (Wildman–Crippen LogP) is 2.19. The molecule has 0 aromatic rings. The molecule has 0 aliphatic heterocycles. The Labute approximate surface area is 87.3 Å². The third kappa shape index (κ3) is 6.93. The molecule has 0 rings (SSSR count). The first-order chi connectivity index (χ1) is 6.69. The molecule has 3 nitrogen and oxygen atoms in total. The summed E-state index contributed by atoms with van der Waals surface area (Å²) in [6.45, 7) is 1.29. The number of alkyl halides is 3. The summed E-state index contributed by atoms with van der Waals surface area (Å²) in [5, 5.41) is 0. The van der Waals surface area contributed by atoms with Crippen molar-refractivity contribution in [2.24, 2.45) is 11.7 Å². The lowest BCUT2D eigenvalue weighted by Gasteiger charge is -2.17. The van der Waals surface area contributed by atoms with Gasteiger partial charge in [0.15, 0.2) is 0 Å². The fourth-order valence-electron chi connectivity index (χ4n) is 1.01. The highest BCUT2D eigenvalue weighted by molar-refractivity contribution is 7.57. The van der Waals surface area contributed by atoms with Gasteiger partial charge in [0.1, 0.15) is 0 Å². The van der Waals surface area contributed by atoms with Crippen molar-refractivity contribution < 1.29 is 22.6 Å². The van der Waals surface area contributed by atoms with Gasteiger partial charge in [-0.25, -0.2) is 0 Å². The topological polar surface area (TPSA) is 63.3 Å². The van der Waals surface area contributed by atoms with Gasteiger partial charge in [-0.3, -0.25) is 4.57 Å². The van der Waals surface area contributed by atoms with Gasteiger partial charge < -0.3 is 10.6 Å². The number of hydrogen-bond acceptors (Lipinski definition) is 2. The molecule has 0 heterocycles. The summed E-state index contributed by atoms with van der Waals surface area (Å²) in [5.41, 5.74) is 5.15. The lowest BCUT2D eigenvalue weighted by molar-refractivity contribution is -0.169. The average Bonchev–Trinajstić information content (AvgIpc) is 2.09. The normalized spacial score (nSPS) is 18.5. The maximum Gasteiger partial charge on any atom is 0.391 e. The minimum absolute atomic E-state index is 0.00801. The van der Waals surface area contributed by atoms with Gasteiger partial charge in [0.25, 0.3) is 0 Å². The van der Waals surface area contributed by atoms with Crippen LogP contribution in [-0.2, 0) is 4.57 Å². The van der Waals surface area contributed by atoms with Crippen LogP contribution < -0.4 is 5.73 Å². The van der Waals surface area contributed by atoms with E-state index in [9.17, 15) is 22.6 Å². The second kappa shape index (κ2) is 5.87. The Morgan fingerprint density at radius 1 is 1.40 bits per heavy atom. The van der Waals surface area contributed by atoms with Crippen LogP contribution in [0.5, 0.6) is 0 Å². The molecule has 0 saturated carbocycles. The van der Waals surface area contributed by atoms with Crippen LogP contribution in [0.4, 0.5) is 13.2 Å². The van der Waals surface area contributed by atoms with E-state index in [0.29, 0.717) is 6.42 Å². The molecule has 0 spiro atoms. The maximum atomic E-state index is 12.1. The van der Waals surface area contributed by atoms with Gasteiger partial charge in [-0.15, -0.1) is 0 Å². The first-order valence-corrected chi connectivity index (χ1v) is 6.79. The molecule has 15 heavy (non-hydrogen) atoms. The monoisotopic (exact) mass is 247 g/mol. The van der Waals surface area contributed by atoms with Crippen molar-refractivity contribution in [3.05, 3.63) is 0 Å². The zero-order valence-corrected chi connectivity index (χ0v) is 9.52. The Morgan fingerprint density at radius 3 is 2.33 bits per heavy atom. The zero-order valence-electron chi connectivity index (χ0n) is 8.63. The van der Waals surface area contributed by atoms with Gasteiger partial charge in [0, 0.05) is 12.3 Å². The zero-order chi connectivity index (χ0) is 12.1. The van der Waals surface area contributed by atoms with E-state index in [1.165, 1.54) is 0 Å². The summed E-state index contributed by atoms with van der Waals surface area (Å²) in [5.74, 6) is -1.53. The van der Waals surface area contributed by atoms with Gasteiger partial charge in [0.05, 0.1) is 5.92 Å². The van der Waals surface area contributed by atoms with E-state index < -0.39 is 19.5 Å². The predicted molar refractivity (Wildman–Crippen MR) is 53.1 cm³/mol. The molecule has 3 N–H and O–H groups in total. The molecule has 0 aliphatic carbocycles.